The lowest BCUT2D eigenvalue weighted by Gasteiger charge is -1.98. The maximum Gasteiger partial charge on any atom is 0.166 e. The summed E-state index contributed by atoms with van der Waals surface area (Å²) >= 11 is 1.83. The maximum absolute atomic E-state index is 5.71. The molecule has 0 saturated carbocycles. The number of nitrogens with zero attached hydrogens (tertiary/aromatic N) is 3. The zero-order valence-corrected chi connectivity index (χ0v) is 10.4. The SMILES string of the molecule is CCc1ccc(Cn2cnc(C(C)N)n2)s1. The third-order valence-corrected chi connectivity index (χ3v) is 3.56. The summed E-state index contributed by atoms with van der Waals surface area (Å²) in [6.45, 7) is 4.84. The Kier molecular flexibility index (Phi) is 3.36. The molecule has 2 N–H and O–H groups in total. The predicted octanol–water partition coefficient (Wildman–Crippen LogP) is 1.97. The van der Waals surface area contributed by atoms with Crippen molar-refractivity contribution in [2.45, 2.75) is 32.9 Å². The van der Waals surface area contributed by atoms with Crippen LogP contribution < -0.4 is 5.73 Å². The summed E-state index contributed by atoms with van der Waals surface area (Å²) in [5.41, 5.74) is 5.71. The van der Waals surface area contributed by atoms with Crippen LogP contribution in [0.4, 0.5) is 0 Å². The summed E-state index contributed by atoms with van der Waals surface area (Å²) in [4.78, 5) is 6.88. The molecular weight excluding hydrogens is 220 g/mol. The van der Waals surface area contributed by atoms with E-state index in [0.29, 0.717) is 5.82 Å². The highest BCUT2D eigenvalue weighted by Gasteiger charge is 2.06. The molecule has 0 bridgehead atoms. The lowest BCUT2D eigenvalue weighted by atomic mass is 10.3. The third-order valence-electron chi connectivity index (χ3n) is 2.35. The van der Waals surface area contributed by atoms with Crippen LogP contribution >= 0.6 is 11.3 Å². The molecule has 0 aromatic carbocycles. The van der Waals surface area contributed by atoms with E-state index >= 15 is 0 Å². The van der Waals surface area contributed by atoms with E-state index in [-0.39, 0.29) is 6.04 Å². The van der Waals surface area contributed by atoms with Gasteiger partial charge in [-0.25, -0.2) is 9.67 Å². The zero-order valence-electron chi connectivity index (χ0n) is 9.55. The minimum absolute atomic E-state index is 0.101. The number of aromatic nitrogens is 3. The van der Waals surface area contributed by atoms with Gasteiger partial charge in [0.1, 0.15) is 6.33 Å². The number of thiophene rings is 1. The highest BCUT2D eigenvalue weighted by atomic mass is 32.1. The minimum atomic E-state index is -0.101. The Bertz CT molecular complexity index is 458. The van der Waals surface area contributed by atoms with E-state index in [0.717, 1.165) is 13.0 Å². The molecule has 5 heteroatoms. The fourth-order valence-corrected chi connectivity index (χ4v) is 2.40. The van der Waals surface area contributed by atoms with Gasteiger partial charge in [0.2, 0.25) is 0 Å². The molecule has 2 heterocycles. The van der Waals surface area contributed by atoms with Crippen molar-refractivity contribution >= 4 is 11.3 Å². The van der Waals surface area contributed by atoms with E-state index in [1.54, 1.807) is 6.33 Å². The summed E-state index contributed by atoms with van der Waals surface area (Å²) in [6, 6.07) is 4.22. The molecule has 0 saturated heterocycles. The van der Waals surface area contributed by atoms with Gasteiger partial charge >= 0.3 is 0 Å². The molecular formula is C11H16N4S. The average molecular weight is 236 g/mol. The summed E-state index contributed by atoms with van der Waals surface area (Å²) in [5.74, 6) is 0.701. The van der Waals surface area contributed by atoms with E-state index in [1.807, 2.05) is 22.9 Å². The Balaban J connectivity index is 2.08. The van der Waals surface area contributed by atoms with Crippen molar-refractivity contribution in [3.63, 3.8) is 0 Å². The average Bonchev–Trinajstić information content (AvgIpc) is 2.87. The Hall–Kier alpha value is -1.20. The van der Waals surface area contributed by atoms with E-state index in [9.17, 15) is 0 Å². The van der Waals surface area contributed by atoms with Gasteiger partial charge in [-0.05, 0) is 25.5 Å². The van der Waals surface area contributed by atoms with Gasteiger partial charge in [-0.15, -0.1) is 11.3 Å². The molecule has 0 spiro atoms. The van der Waals surface area contributed by atoms with Crippen LogP contribution in [0.25, 0.3) is 0 Å². The molecule has 1 unspecified atom stereocenters. The van der Waals surface area contributed by atoms with Crippen LogP contribution in [0.5, 0.6) is 0 Å². The molecule has 16 heavy (non-hydrogen) atoms. The molecule has 0 fully saturated rings. The zero-order chi connectivity index (χ0) is 11.5. The van der Waals surface area contributed by atoms with Crippen molar-refractivity contribution in [2.24, 2.45) is 5.73 Å². The molecule has 0 aliphatic carbocycles. The number of nitrogens with two attached hydrogens (primary N) is 1. The van der Waals surface area contributed by atoms with Gasteiger partial charge in [0, 0.05) is 9.75 Å². The van der Waals surface area contributed by atoms with Crippen LogP contribution in [-0.2, 0) is 13.0 Å². The van der Waals surface area contributed by atoms with Gasteiger partial charge in [-0.3, -0.25) is 0 Å². The summed E-state index contributed by atoms with van der Waals surface area (Å²) in [5, 5.41) is 4.33. The smallest absolute Gasteiger partial charge is 0.166 e. The van der Waals surface area contributed by atoms with E-state index in [2.05, 4.69) is 29.1 Å². The van der Waals surface area contributed by atoms with Crippen molar-refractivity contribution in [2.75, 3.05) is 0 Å². The van der Waals surface area contributed by atoms with Crippen LogP contribution in [0.15, 0.2) is 18.5 Å². The highest BCUT2D eigenvalue weighted by molar-refractivity contribution is 7.11. The van der Waals surface area contributed by atoms with Crippen LogP contribution in [0.3, 0.4) is 0 Å². The fourth-order valence-electron chi connectivity index (χ4n) is 1.45. The van der Waals surface area contributed by atoms with Crippen molar-refractivity contribution < 1.29 is 0 Å². The monoisotopic (exact) mass is 236 g/mol. The number of aryl methyl sites for hydroxylation is 1. The van der Waals surface area contributed by atoms with Crippen molar-refractivity contribution in [1.29, 1.82) is 0 Å². The Morgan fingerprint density at radius 2 is 2.19 bits per heavy atom. The first-order chi connectivity index (χ1) is 7.69. The molecule has 0 aliphatic rings. The predicted molar refractivity (Wildman–Crippen MR) is 65.4 cm³/mol. The van der Waals surface area contributed by atoms with Crippen LogP contribution in [-0.4, -0.2) is 14.8 Å². The Labute approximate surface area is 99.1 Å². The summed E-state index contributed by atoms with van der Waals surface area (Å²) < 4.78 is 1.84. The molecule has 4 nitrogen and oxygen atoms in total. The first-order valence-electron chi connectivity index (χ1n) is 5.41. The lowest BCUT2D eigenvalue weighted by Crippen LogP contribution is -2.08. The second-order valence-electron chi connectivity index (χ2n) is 3.81. The van der Waals surface area contributed by atoms with Gasteiger partial charge in [-0.1, -0.05) is 6.92 Å². The largest absolute Gasteiger partial charge is 0.321 e. The number of hydrogen-bond donors (Lipinski definition) is 1. The summed E-state index contributed by atoms with van der Waals surface area (Å²) in [6.07, 6.45) is 2.83. The van der Waals surface area contributed by atoms with Crippen molar-refractivity contribution in [1.82, 2.24) is 14.8 Å². The first kappa shape index (κ1) is 11.3. The van der Waals surface area contributed by atoms with E-state index < -0.39 is 0 Å². The molecule has 2 rings (SSSR count). The second kappa shape index (κ2) is 4.76. The molecule has 2 aromatic rings. The standard InChI is InChI=1S/C11H16N4S/c1-3-9-4-5-10(16-9)6-15-7-13-11(14-15)8(2)12/h4-5,7-8H,3,6,12H2,1-2H3. The normalized spacial score (nSPS) is 12.9. The molecule has 0 amide bonds. The van der Waals surface area contributed by atoms with Gasteiger partial charge in [0.15, 0.2) is 5.82 Å². The van der Waals surface area contributed by atoms with E-state index in [1.165, 1.54) is 9.75 Å². The van der Waals surface area contributed by atoms with Gasteiger partial charge in [0.25, 0.3) is 0 Å². The van der Waals surface area contributed by atoms with Crippen LogP contribution in [0.1, 0.15) is 35.5 Å². The van der Waals surface area contributed by atoms with Crippen molar-refractivity contribution in [3.05, 3.63) is 34.0 Å². The number of rotatable bonds is 4. The van der Waals surface area contributed by atoms with Gasteiger partial charge < -0.3 is 5.73 Å². The molecule has 0 aliphatic heterocycles. The second-order valence-corrected chi connectivity index (χ2v) is 5.06. The number of hydrogen-bond acceptors (Lipinski definition) is 4. The van der Waals surface area contributed by atoms with Gasteiger partial charge in [0.05, 0.1) is 12.6 Å². The highest BCUT2D eigenvalue weighted by Crippen LogP contribution is 2.17. The third kappa shape index (κ3) is 2.48. The minimum Gasteiger partial charge on any atom is -0.321 e. The topological polar surface area (TPSA) is 56.7 Å². The van der Waals surface area contributed by atoms with Crippen LogP contribution in [0, 0.1) is 0 Å². The lowest BCUT2D eigenvalue weighted by molar-refractivity contribution is 0.654. The molecule has 86 valence electrons. The first-order valence-corrected chi connectivity index (χ1v) is 6.23. The fraction of sp³-hybridized carbons (Fsp3) is 0.455. The Morgan fingerprint density at radius 1 is 1.44 bits per heavy atom. The Morgan fingerprint density at radius 3 is 2.75 bits per heavy atom. The quantitative estimate of drug-likeness (QED) is 0.883. The van der Waals surface area contributed by atoms with E-state index in [4.69, 9.17) is 5.73 Å². The molecule has 1 atom stereocenters. The molecule has 2 aromatic heterocycles. The maximum atomic E-state index is 5.71. The molecule has 0 radical (unpaired) electrons. The van der Waals surface area contributed by atoms with Crippen LogP contribution in [0.2, 0.25) is 0 Å². The van der Waals surface area contributed by atoms with Gasteiger partial charge in [-0.2, -0.15) is 5.10 Å². The van der Waals surface area contributed by atoms with Crippen molar-refractivity contribution in [3.8, 4) is 0 Å². The summed E-state index contributed by atoms with van der Waals surface area (Å²) in [7, 11) is 0.